The number of hydrogen-bond acceptors (Lipinski definition) is 3. The van der Waals surface area contributed by atoms with Crippen LogP contribution < -0.4 is 5.32 Å². The van der Waals surface area contributed by atoms with E-state index in [-0.39, 0.29) is 6.04 Å². The van der Waals surface area contributed by atoms with Gasteiger partial charge in [-0.2, -0.15) is 0 Å². The minimum atomic E-state index is 0.204. The number of ether oxygens (including phenoxy) is 1. The fraction of sp³-hybridized carbons (Fsp3) is 0.692. The molecule has 1 atom stereocenters. The van der Waals surface area contributed by atoms with Crippen molar-refractivity contribution in [2.24, 2.45) is 0 Å². The van der Waals surface area contributed by atoms with E-state index in [4.69, 9.17) is 9.15 Å². The standard InChI is InChI=1S/C13H21NO2/c1-3-11-7-8-13(16-11)12(9-15-2)14-10-5-4-6-10/h7-8,10,12,14H,3-6,9H2,1-2H3. The minimum Gasteiger partial charge on any atom is -0.464 e. The Morgan fingerprint density at radius 1 is 1.50 bits per heavy atom. The van der Waals surface area contributed by atoms with Crippen LogP contribution in [-0.4, -0.2) is 19.8 Å². The summed E-state index contributed by atoms with van der Waals surface area (Å²) in [4.78, 5) is 0. The second-order valence-electron chi connectivity index (χ2n) is 4.46. The van der Waals surface area contributed by atoms with E-state index in [1.165, 1.54) is 19.3 Å². The molecule has 0 aliphatic heterocycles. The van der Waals surface area contributed by atoms with Gasteiger partial charge in [0, 0.05) is 19.6 Å². The van der Waals surface area contributed by atoms with E-state index in [1.54, 1.807) is 7.11 Å². The summed E-state index contributed by atoms with van der Waals surface area (Å²) in [5.41, 5.74) is 0. The highest BCUT2D eigenvalue weighted by Gasteiger charge is 2.23. The predicted molar refractivity (Wildman–Crippen MR) is 63.5 cm³/mol. The van der Waals surface area contributed by atoms with Crippen molar-refractivity contribution in [3.63, 3.8) is 0 Å². The first-order chi connectivity index (χ1) is 7.83. The molecule has 0 saturated heterocycles. The number of methoxy groups -OCH3 is 1. The summed E-state index contributed by atoms with van der Waals surface area (Å²) in [5.74, 6) is 2.05. The third-order valence-electron chi connectivity index (χ3n) is 3.25. The van der Waals surface area contributed by atoms with Gasteiger partial charge in [0.2, 0.25) is 0 Å². The average molecular weight is 223 g/mol. The Morgan fingerprint density at radius 2 is 2.31 bits per heavy atom. The summed E-state index contributed by atoms with van der Waals surface area (Å²) >= 11 is 0. The van der Waals surface area contributed by atoms with Gasteiger partial charge in [0.1, 0.15) is 11.5 Å². The molecule has 1 heterocycles. The maximum absolute atomic E-state index is 5.77. The predicted octanol–water partition coefficient (Wildman–Crippen LogP) is 2.67. The van der Waals surface area contributed by atoms with Gasteiger partial charge in [-0.15, -0.1) is 0 Å². The lowest BCUT2D eigenvalue weighted by atomic mass is 9.92. The smallest absolute Gasteiger partial charge is 0.123 e. The summed E-state index contributed by atoms with van der Waals surface area (Å²) in [6, 6.07) is 4.97. The van der Waals surface area contributed by atoms with E-state index in [0.29, 0.717) is 12.6 Å². The molecule has 3 nitrogen and oxygen atoms in total. The molecule has 16 heavy (non-hydrogen) atoms. The van der Waals surface area contributed by atoms with Crippen LogP contribution in [0, 0.1) is 0 Å². The SMILES string of the molecule is CCc1ccc(C(COC)NC2CCC2)o1. The average Bonchev–Trinajstić information content (AvgIpc) is 2.70. The molecule has 0 spiro atoms. The van der Waals surface area contributed by atoms with Crippen LogP contribution in [0.1, 0.15) is 43.7 Å². The maximum Gasteiger partial charge on any atom is 0.123 e. The van der Waals surface area contributed by atoms with Crippen LogP contribution in [0.15, 0.2) is 16.5 Å². The zero-order valence-electron chi connectivity index (χ0n) is 10.2. The molecule has 1 N–H and O–H groups in total. The molecule has 1 aliphatic carbocycles. The van der Waals surface area contributed by atoms with Gasteiger partial charge in [0.25, 0.3) is 0 Å². The Morgan fingerprint density at radius 3 is 2.81 bits per heavy atom. The molecule has 0 aromatic carbocycles. The van der Waals surface area contributed by atoms with Crippen LogP contribution >= 0.6 is 0 Å². The van der Waals surface area contributed by atoms with Gasteiger partial charge in [0.15, 0.2) is 0 Å². The third-order valence-corrected chi connectivity index (χ3v) is 3.25. The van der Waals surface area contributed by atoms with Crippen LogP contribution in [-0.2, 0) is 11.2 Å². The molecule has 90 valence electrons. The normalized spacial score (nSPS) is 18.4. The van der Waals surface area contributed by atoms with Crippen LogP contribution in [0.25, 0.3) is 0 Å². The van der Waals surface area contributed by atoms with Crippen LogP contribution in [0.5, 0.6) is 0 Å². The molecule has 2 rings (SSSR count). The van der Waals surface area contributed by atoms with Gasteiger partial charge in [-0.3, -0.25) is 0 Å². The summed E-state index contributed by atoms with van der Waals surface area (Å²) in [6.07, 6.45) is 4.85. The molecule has 1 aliphatic rings. The molecule has 0 radical (unpaired) electrons. The highest BCUT2D eigenvalue weighted by molar-refractivity contribution is 5.11. The van der Waals surface area contributed by atoms with Crippen molar-refractivity contribution >= 4 is 0 Å². The van der Waals surface area contributed by atoms with Crippen LogP contribution in [0.3, 0.4) is 0 Å². The number of hydrogen-bond donors (Lipinski definition) is 1. The van der Waals surface area contributed by atoms with Crippen LogP contribution in [0.2, 0.25) is 0 Å². The monoisotopic (exact) mass is 223 g/mol. The molecular weight excluding hydrogens is 202 g/mol. The number of rotatable bonds is 6. The van der Waals surface area contributed by atoms with E-state index in [9.17, 15) is 0 Å². The van der Waals surface area contributed by atoms with Gasteiger partial charge >= 0.3 is 0 Å². The largest absolute Gasteiger partial charge is 0.464 e. The molecule has 0 amide bonds. The summed E-state index contributed by atoms with van der Waals surface area (Å²) in [6.45, 7) is 2.78. The van der Waals surface area contributed by atoms with Crippen molar-refractivity contribution in [2.75, 3.05) is 13.7 Å². The molecule has 3 heteroatoms. The van der Waals surface area contributed by atoms with E-state index in [0.717, 1.165) is 17.9 Å². The first kappa shape index (κ1) is 11.7. The van der Waals surface area contributed by atoms with Crippen molar-refractivity contribution in [3.8, 4) is 0 Å². The van der Waals surface area contributed by atoms with Crippen molar-refractivity contribution < 1.29 is 9.15 Å². The molecule has 1 fully saturated rings. The van der Waals surface area contributed by atoms with Gasteiger partial charge < -0.3 is 14.5 Å². The van der Waals surface area contributed by atoms with Crippen molar-refractivity contribution in [2.45, 2.75) is 44.7 Å². The molecule has 0 bridgehead atoms. The number of furan rings is 1. The zero-order chi connectivity index (χ0) is 11.4. The Kier molecular flexibility index (Phi) is 4.02. The van der Waals surface area contributed by atoms with Gasteiger partial charge in [-0.05, 0) is 25.0 Å². The Labute approximate surface area is 97.2 Å². The topological polar surface area (TPSA) is 34.4 Å². The number of aryl methyl sites for hydroxylation is 1. The number of nitrogens with one attached hydrogen (secondary N) is 1. The summed E-state index contributed by atoms with van der Waals surface area (Å²) in [7, 11) is 1.74. The van der Waals surface area contributed by atoms with Crippen molar-refractivity contribution in [1.29, 1.82) is 0 Å². The van der Waals surface area contributed by atoms with Crippen molar-refractivity contribution in [3.05, 3.63) is 23.7 Å². The Balaban J connectivity index is 1.98. The molecule has 1 unspecified atom stereocenters. The fourth-order valence-electron chi connectivity index (χ4n) is 2.01. The van der Waals surface area contributed by atoms with E-state index < -0.39 is 0 Å². The zero-order valence-corrected chi connectivity index (χ0v) is 10.2. The first-order valence-corrected chi connectivity index (χ1v) is 6.17. The lowest BCUT2D eigenvalue weighted by Gasteiger charge is -2.30. The van der Waals surface area contributed by atoms with Gasteiger partial charge in [-0.1, -0.05) is 13.3 Å². The first-order valence-electron chi connectivity index (χ1n) is 6.17. The summed E-state index contributed by atoms with van der Waals surface area (Å²) in [5, 5.41) is 3.59. The lowest BCUT2D eigenvalue weighted by molar-refractivity contribution is 0.140. The van der Waals surface area contributed by atoms with Gasteiger partial charge in [-0.25, -0.2) is 0 Å². The molecule has 1 aromatic heterocycles. The molecular formula is C13H21NO2. The Hall–Kier alpha value is -0.800. The van der Waals surface area contributed by atoms with E-state index in [1.807, 2.05) is 0 Å². The van der Waals surface area contributed by atoms with E-state index in [2.05, 4.69) is 24.4 Å². The van der Waals surface area contributed by atoms with E-state index >= 15 is 0 Å². The van der Waals surface area contributed by atoms with Gasteiger partial charge in [0.05, 0.1) is 12.6 Å². The quantitative estimate of drug-likeness (QED) is 0.805. The fourth-order valence-corrected chi connectivity index (χ4v) is 2.01. The minimum absolute atomic E-state index is 0.204. The van der Waals surface area contributed by atoms with Crippen LogP contribution in [0.4, 0.5) is 0 Å². The molecule has 1 aromatic rings. The summed E-state index contributed by atoms with van der Waals surface area (Å²) < 4.78 is 11.0. The second-order valence-corrected chi connectivity index (χ2v) is 4.46. The third kappa shape index (κ3) is 2.66. The molecule has 1 saturated carbocycles. The second kappa shape index (κ2) is 5.51. The van der Waals surface area contributed by atoms with Crippen molar-refractivity contribution in [1.82, 2.24) is 5.32 Å². The lowest BCUT2D eigenvalue weighted by Crippen LogP contribution is -2.39. The Bertz CT molecular complexity index is 317. The highest BCUT2D eigenvalue weighted by atomic mass is 16.5. The highest BCUT2D eigenvalue weighted by Crippen LogP contribution is 2.24. The maximum atomic E-state index is 5.77.